The van der Waals surface area contributed by atoms with Crippen LogP contribution in [-0.2, 0) is 11.3 Å². The first-order valence-corrected chi connectivity index (χ1v) is 9.49. The molecule has 1 fully saturated rings. The number of piperidine rings is 1. The first-order valence-electron chi connectivity index (χ1n) is 9.49. The third-order valence-electron chi connectivity index (χ3n) is 5.07. The van der Waals surface area contributed by atoms with E-state index < -0.39 is 0 Å². The number of likely N-dealkylation sites (tertiary alicyclic amines) is 1. The average Bonchev–Trinajstić information content (AvgIpc) is 2.70. The molecule has 140 valence electrons. The summed E-state index contributed by atoms with van der Waals surface area (Å²) in [6.45, 7) is 2.93. The molecule has 1 aromatic carbocycles. The normalized spacial score (nSPS) is 18.0. The molecular weight excluding hydrogens is 326 g/mol. The van der Waals surface area contributed by atoms with Crippen LogP contribution in [0.2, 0.25) is 0 Å². The number of aromatic nitrogens is 2. The zero-order chi connectivity index (χ0) is 18.2. The smallest absolute Gasteiger partial charge is 0.162 e. The Morgan fingerprint density at radius 3 is 2.69 bits per heavy atom. The van der Waals surface area contributed by atoms with Crippen molar-refractivity contribution in [2.24, 2.45) is 0 Å². The van der Waals surface area contributed by atoms with Gasteiger partial charge in [0.1, 0.15) is 5.75 Å². The zero-order valence-electron chi connectivity index (χ0n) is 15.9. The van der Waals surface area contributed by atoms with Crippen molar-refractivity contribution in [2.75, 3.05) is 27.4 Å². The summed E-state index contributed by atoms with van der Waals surface area (Å²) >= 11 is 0. The molecule has 0 bridgehead atoms. The summed E-state index contributed by atoms with van der Waals surface area (Å²) in [4.78, 5) is 11.8. The Bertz CT molecular complexity index is 675. The topological polar surface area (TPSA) is 47.5 Å². The lowest BCUT2D eigenvalue weighted by Crippen LogP contribution is -2.39. The molecule has 2 aromatic rings. The third kappa shape index (κ3) is 4.80. The van der Waals surface area contributed by atoms with Crippen LogP contribution in [0.5, 0.6) is 5.75 Å². The Hall–Kier alpha value is -1.98. The van der Waals surface area contributed by atoms with Crippen molar-refractivity contribution in [3.8, 4) is 17.1 Å². The molecular formula is C21H29N3O2. The van der Waals surface area contributed by atoms with E-state index in [1.54, 1.807) is 14.2 Å². The number of methoxy groups -OCH3 is 2. The molecule has 1 aliphatic heterocycles. The Balaban J connectivity index is 1.66. The van der Waals surface area contributed by atoms with Crippen molar-refractivity contribution >= 4 is 0 Å². The molecule has 1 unspecified atom stereocenters. The molecule has 5 nitrogen and oxygen atoms in total. The Morgan fingerprint density at radius 2 is 1.92 bits per heavy atom. The lowest BCUT2D eigenvalue weighted by atomic mass is 9.97. The van der Waals surface area contributed by atoms with Gasteiger partial charge in [-0.3, -0.25) is 4.90 Å². The van der Waals surface area contributed by atoms with E-state index in [0.29, 0.717) is 11.9 Å². The highest BCUT2D eigenvalue weighted by Crippen LogP contribution is 2.27. The highest BCUT2D eigenvalue weighted by Gasteiger charge is 2.22. The molecule has 0 aliphatic carbocycles. The second kappa shape index (κ2) is 9.64. The van der Waals surface area contributed by atoms with Crippen molar-refractivity contribution in [3.63, 3.8) is 0 Å². The number of nitrogens with zero attached hydrogens (tertiary/aromatic N) is 3. The molecule has 0 amide bonds. The number of para-hydroxylation sites is 1. The van der Waals surface area contributed by atoms with Gasteiger partial charge >= 0.3 is 0 Å². The van der Waals surface area contributed by atoms with Gasteiger partial charge in [0.2, 0.25) is 0 Å². The minimum Gasteiger partial charge on any atom is -0.496 e. The summed E-state index contributed by atoms with van der Waals surface area (Å²) in [5, 5.41) is 0. The SMILES string of the molecule is COCCCC1CCCCN1Cc1cnc(-c2ccccc2OC)nc1. The molecule has 1 aromatic heterocycles. The van der Waals surface area contributed by atoms with E-state index in [2.05, 4.69) is 14.9 Å². The minimum absolute atomic E-state index is 0.646. The van der Waals surface area contributed by atoms with Gasteiger partial charge in [-0.1, -0.05) is 18.6 Å². The minimum atomic E-state index is 0.646. The van der Waals surface area contributed by atoms with Gasteiger partial charge in [-0.2, -0.15) is 0 Å². The Kier molecular flexibility index (Phi) is 6.97. The van der Waals surface area contributed by atoms with Gasteiger partial charge in [0.05, 0.1) is 12.7 Å². The summed E-state index contributed by atoms with van der Waals surface area (Å²) in [6, 6.07) is 8.51. The molecule has 5 heteroatoms. The standard InChI is InChI=1S/C21H29N3O2/c1-25-13-7-9-18-8-5-6-12-24(18)16-17-14-22-21(23-15-17)19-10-3-4-11-20(19)26-2/h3-4,10-11,14-15,18H,5-9,12-13,16H2,1-2H3. The van der Waals surface area contributed by atoms with Crippen LogP contribution in [0.1, 0.15) is 37.7 Å². The van der Waals surface area contributed by atoms with Crippen molar-refractivity contribution in [2.45, 2.75) is 44.7 Å². The molecule has 0 radical (unpaired) electrons. The third-order valence-corrected chi connectivity index (χ3v) is 5.07. The highest BCUT2D eigenvalue weighted by molar-refractivity contribution is 5.63. The van der Waals surface area contributed by atoms with Gasteiger partial charge < -0.3 is 9.47 Å². The van der Waals surface area contributed by atoms with Crippen LogP contribution < -0.4 is 4.74 Å². The van der Waals surface area contributed by atoms with E-state index >= 15 is 0 Å². The highest BCUT2D eigenvalue weighted by atomic mass is 16.5. The molecule has 2 heterocycles. The monoisotopic (exact) mass is 355 g/mol. The molecule has 0 spiro atoms. The van der Waals surface area contributed by atoms with Crippen molar-refractivity contribution in [1.82, 2.24) is 14.9 Å². The molecule has 1 atom stereocenters. The molecule has 3 rings (SSSR count). The molecule has 0 saturated carbocycles. The summed E-state index contributed by atoms with van der Waals surface area (Å²) in [5.74, 6) is 1.51. The first kappa shape index (κ1) is 18.8. The second-order valence-corrected chi connectivity index (χ2v) is 6.87. The van der Waals surface area contributed by atoms with Gasteiger partial charge in [0, 0.05) is 44.3 Å². The van der Waals surface area contributed by atoms with Crippen LogP contribution in [0.3, 0.4) is 0 Å². The van der Waals surface area contributed by atoms with Gasteiger partial charge in [0.25, 0.3) is 0 Å². The first-order chi connectivity index (χ1) is 12.8. The van der Waals surface area contributed by atoms with E-state index in [0.717, 1.165) is 37.4 Å². The lowest BCUT2D eigenvalue weighted by molar-refractivity contribution is 0.116. The van der Waals surface area contributed by atoms with Crippen molar-refractivity contribution in [3.05, 3.63) is 42.2 Å². The zero-order valence-corrected chi connectivity index (χ0v) is 15.9. The number of benzene rings is 1. The van der Waals surface area contributed by atoms with E-state index in [1.165, 1.54) is 31.2 Å². The van der Waals surface area contributed by atoms with Gasteiger partial charge in [0.15, 0.2) is 5.82 Å². The summed E-state index contributed by atoms with van der Waals surface area (Å²) in [5.41, 5.74) is 2.10. The number of rotatable bonds is 8. The maximum Gasteiger partial charge on any atom is 0.162 e. The van der Waals surface area contributed by atoms with Crippen LogP contribution in [0.15, 0.2) is 36.7 Å². The van der Waals surface area contributed by atoms with Gasteiger partial charge in [-0.15, -0.1) is 0 Å². The van der Waals surface area contributed by atoms with Crippen LogP contribution >= 0.6 is 0 Å². The number of hydrogen-bond acceptors (Lipinski definition) is 5. The van der Waals surface area contributed by atoms with Crippen molar-refractivity contribution in [1.29, 1.82) is 0 Å². The Morgan fingerprint density at radius 1 is 1.12 bits per heavy atom. The predicted molar refractivity (Wildman–Crippen MR) is 103 cm³/mol. The fraction of sp³-hybridized carbons (Fsp3) is 0.524. The fourth-order valence-electron chi connectivity index (χ4n) is 3.70. The van der Waals surface area contributed by atoms with Crippen LogP contribution in [0, 0.1) is 0 Å². The van der Waals surface area contributed by atoms with Crippen molar-refractivity contribution < 1.29 is 9.47 Å². The van der Waals surface area contributed by atoms with Crippen LogP contribution in [0.4, 0.5) is 0 Å². The average molecular weight is 355 g/mol. The lowest BCUT2D eigenvalue weighted by Gasteiger charge is -2.35. The predicted octanol–water partition coefficient (Wildman–Crippen LogP) is 3.93. The van der Waals surface area contributed by atoms with Gasteiger partial charge in [-0.05, 0) is 44.4 Å². The van der Waals surface area contributed by atoms with Gasteiger partial charge in [-0.25, -0.2) is 9.97 Å². The molecule has 26 heavy (non-hydrogen) atoms. The van der Waals surface area contributed by atoms with Crippen LogP contribution in [-0.4, -0.2) is 48.3 Å². The fourth-order valence-corrected chi connectivity index (χ4v) is 3.70. The molecule has 1 saturated heterocycles. The Labute approximate surface area is 156 Å². The van der Waals surface area contributed by atoms with E-state index in [1.807, 2.05) is 36.7 Å². The molecule has 0 N–H and O–H groups in total. The summed E-state index contributed by atoms with van der Waals surface area (Å²) < 4.78 is 10.6. The van der Waals surface area contributed by atoms with E-state index in [4.69, 9.17) is 9.47 Å². The van der Waals surface area contributed by atoms with E-state index in [9.17, 15) is 0 Å². The van der Waals surface area contributed by atoms with E-state index in [-0.39, 0.29) is 0 Å². The maximum absolute atomic E-state index is 5.41. The maximum atomic E-state index is 5.41. The van der Waals surface area contributed by atoms with Crippen LogP contribution in [0.25, 0.3) is 11.4 Å². The largest absolute Gasteiger partial charge is 0.496 e. The summed E-state index contributed by atoms with van der Waals surface area (Å²) in [6.07, 6.45) is 10.1. The number of ether oxygens (including phenoxy) is 2. The summed E-state index contributed by atoms with van der Waals surface area (Å²) in [7, 11) is 3.45. The molecule has 1 aliphatic rings. The number of hydrogen-bond donors (Lipinski definition) is 0. The quantitative estimate of drug-likeness (QED) is 0.672. The second-order valence-electron chi connectivity index (χ2n) is 6.87.